The molecule has 2 aromatic carbocycles. The summed E-state index contributed by atoms with van der Waals surface area (Å²) in [5.74, 6) is 0.732. The molecule has 1 atom stereocenters. The summed E-state index contributed by atoms with van der Waals surface area (Å²) in [6, 6.07) is 16.0. The van der Waals surface area contributed by atoms with Gasteiger partial charge in [-0.2, -0.15) is 0 Å². The lowest BCUT2D eigenvalue weighted by Crippen LogP contribution is -2.24. The number of nitrogens with one attached hydrogen (secondary N) is 1. The average molecular weight is 337 g/mol. The Morgan fingerprint density at radius 1 is 1.04 bits per heavy atom. The summed E-state index contributed by atoms with van der Waals surface area (Å²) in [6.07, 6.45) is 4.54. The molecule has 0 aromatic heterocycles. The van der Waals surface area contributed by atoms with Crippen molar-refractivity contribution in [2.24, 2.45) is 0 Å². The second-order valence-corrected chi connectivity index (χ2v) is 6.39. The van der Waals surface area contributed by atoms with Gasteiger partial charge in [0.2, 0.25) is 5.91 Å². The van der Waals surface area contributed by atoms with Crippen molar-refractivity contribution >= 4 is 12.0 Å². The number of benzene rings is 2. The van der Waals surface area contributed by atoms with Crippen molar-refractivity contribution in [2.75, 3.05) is 0 Å². The predicted octanol–water partition coefficient (Wildman–Crippen LogP) is 4.93. The SMILES string of the molecule is CCc1ccc([C@@H](C)NC(=O)/C=C/c2ccc(OC(C)C)cc2)cc1. The summed E-state index contributed by atoms with van der Waals surface area (Å²) in [7, 11) is 0. The lowest BCUT2D eigenvalue weighted by atomic mass is 10.0. The third kappa shape index (κ3) is 6.11. The van der Waals surface area contributed by atoms with Crippen LogP contribution < -0.4 is 10.1 Å². The third-order valence-corrected chi connectivity index (χ3v) is 3.93. The first-order chi connectivity index (χ1) is 12.0. The Bertz CT molecular complexity index is 700. The molecule has 0 fully saturated rings. The summed E-state index contributed by atoms with van der Waals surface area (Å²) < 4.78 is 5.61. The average Bonchev–Trinajstić information content (AvgIpc) is 2.60. The molecule has 0 saturated heterocycles. The number of carbonyl (C=O) groups excluding carboxylic acids is 1. The van der Waals surface area contributed by atoms with Gasteiger partial charge >= 0.3 is 0 Å². The van der Waals surface area contributed by atoms with E-state index < -0.39 is 0 Å². The van der Waals surface area contributed by atoms with E-state index in [2.05, 4.69) is 36.5 Å². The van der Waals surface area contributed by atoms with Crippen LogP contribution in [0, 0.1) is 0 Å². The quantitative estimate of drug-likeness (QED) is 0.728. The minimum atomic E-state index is -0.102. The van der Waals surface area contributed by atoms with Gasteiger partial charge < -0.3 is 10.1 Å². The largest absolute Gasteiger partial charge is 0.491 e. The van der Waals surface area contributed by atoms with Crippen molar-refractivity contribution < 1.29 is 9.53 Å². The number of rotatable bonds is 7. The molecule has 0 saturated carbocycles. The van der Waals surface area contributed by atoms with E-state index in [-0.39, 0.29) is 18.1 Å². The Morgan fingerprint density at radius 2 is 1.68 bits per heavy atom. The van der Waals surface area contributed by atoms with Crippen LogP contribution in [0.5, 0.6) is 5.75 Å². The second kappa shape index (κ2) is 9.07. The van der Waals surface area contributed by atoms with Crippen LogP contribution in [0.1, 0.15) is 50.4 Å². The molecule has 0 aliphatic carbocycles. The summed E-state index contributed by atoms with van der Waals surface area (Å²) in [5.41, 5.74) is 3.37. The van der Waals surface area contributed by atoms with Crippen molar-refractivity contribution in [3.8, 4) is 5.75 Å². The van der Waals surface area contributed by atoms with E-state index in [1.54, 1.807) is 12.2 Å². The monoisotopic (exact) mass is 337 g/mol. The third-order valence-electron chi connectivity index (χ3n) is 3.93. The lowest BCUT2D eigenvalue weighted by molar-refractivity contribution is -0.117. The normalized spacial score (nSPS) is 12.4. The fourth-order valence-corrected chi connectivity index (χ4v) is 2.49. The molecule has 0 heterocycles. The Balaban J connectivity index is 1.90. The molecule has 132 valence electrons. The maximum absolute atomic E-state index is 12.1. The molecule has 0 spiro atoms. The minimum Gasteiger partial charge on any atom is -0.491 e. The molecule has 2 rings (SSSR count). The molecule has 0 aliphatic heterocycles. The summed E-state index contributed by atoms with van der Waals surface area (Å²) in [5, 5.41) is 2.99. The van der Waals surface area contributed by atoms with E-state index in [4.69, 9.17) is 4.74 Å². The highest BCUT2D eigenvalue weighted by Gasteiger charge is 2.07. The van der Waals surface area contributed by atoms with Crippen LogP contribution in [0.15, 0.2) is 54.6 Å². The van der Waals surface area contributed by atoms with Gasteiger partial charge in [-0.15, -0.1) is 0 Å². The molecule has 0 aliphatic rings. The van der Waals surface area contributed by atoms with Crippen molar-refractivity contribution in [3.63, 3.8) is 0 Å². The second-order valence-electron chi connectivity index (χ2n) is 6.39. The molecule has 2 aromatic rings. The number of amides is 1. The van der Waals surface area contributed by atoms with Gasteiger partial charge in [-0.05, 0) is 62.1 Å². The molecule has 0 bridgehead atoms. The zero-order valence-electron chi connectivity index (χ0n) is 15.5. The Labute approximate surface area is 150 Å². The van der Waals surface area contributed by atoms with Gasteiger partial charge in [-0.1, -0.05) is 43.3 Å². The minimum absolute atomic E-state index is 0.0233. The molecule has 3 nitrogen and oxygen atoms in total. The number of carbonyl (C=O) groups is 1. The first kappa shape index (κ1) is 18.8. The molecule has 25 heavy (non-hydrogen) atoms. The molecular weight excluding hydrogens is 310 g/mol. The van der Waals surface area contributed by atoms with Gasteiger partial charge in [0.1, 0.15) is 5.75 Å². The van der Waals surface area contributed by atoms with Crippen LogP contribution in [0.25, 0.3) is 6.08 Å². The van der Waals surface area contributed by atoms with Crippen molar-refractivity contribution in [3.05, 3.63) is 71.3 Å². The van der Waals surface area contributed by atoms with Crippen molar-refractivity contribution in [1.82, 2.24) is 5.32 Å². The van der Waals surface area contributed by atoms with Crippen LogP contribution in [0.2, 0.25) is 0 Å². The van der Waals surface area contributed by atoms with E-state index in [1.165, 1.54) is 5.56 Å². The predicted molar refractivity (Wildman–Crippen MR) is 104 cm³/mol. The van der Waals surface area contributed by atoms with Gasteiger partial charge in [0.05, 0.1) is 12.1 Å². The van der Waals surface area contributed by atoms with Crippen molar-refractivity contribution in [1.29, 1.82) is 0 Å². The Morgan fingerprint density at radius 3 is 2.24 bits per heavy atom. The molecule has 1 amide bonds. The van der Waals surface area contributed by atoms with Crippen LogP contribution in [0.3, 0.4) is 0 Å². The smallest absolute Gasteiger partial charge is 0.244 e. The Hall–Kier alpha value is -2.55. The first-order valence-electron chi connectivity index (χ1n) is 8.82. The van der Waals surface area contributed by atoms with Gasteiger partial charge in [0, 0.05) is 6.08 Å². The van der Waals surface area contributed by atoms with Crippen LogP contribution in [0.4, 0.5) is 0 Å². The van der Waals surface area contributed by atoms with Crippen molar-refractivity contribution in [2.45, 2.75) is 46.3 Å². The maximum atomic E-state index is 12.1. The van der Waals surface area contributed by atoms with Gasteiger partial charge in [0.25, 0.3) is 0 Å². The van der Waals surface area contributed by atoms with Crippen LogP contribution >= 0.6 is 0 Å². The summed E-state index contributed by atoms with van der Waals surface area (Å²) in [6.45, 7) is 8.11. The highest BCUT2D eigenvalue weighted by molar-refractivity contribution is 5.91. The van der Waals surface area contributed by atoms with Crippen LogP contribution in [-0.4, -0.2) is 12.0 Å². The standard InChI is InChI=1S/C22H27NO2/c1-5-18-6-11-20(12-7-18)17(4)23-22(24)15-10-19-8-13-21(14-9-19)25-16(2)3/h6-17H,5H2,1-4H3,(H,23,24)/b15-10+/t17-/m1/s1. The number of hydrogen-bond acceptors (Lipinski definition) is 2. The van der Waals surface area contributed by atoms with E-state index in [0.717, 1.165) is 23.3 Å². The molecule has 1 N–H and O–H groups in total. The van der Waals surface area contributed by atoms with E-state index in [9.17, 15) is 4.79 Å². The fourth-order valence-electron chi connectivity index (χ4n) is 2.49. The van der Waals surface area contributed by atoms with Gasteiger partial charge in [-0.25, -0.2) is 0 Å². The summed E-state index contributed by atoms with van der Waals surface area (Å²) in [4.78, 5) is 12.1. The molecular formula is C22H27NO2. The number of ether oxygens (including phenoxy) is 1. The molecule has 3 heteroatoms. The highest BCUT2D eigenvalue weighted by atomic mass is 16.5. The lowest BCUT2D eigenvalue weighted by Gasteiger charge is -2.13. The number of hydrogen-bond donors (Lipinski definition) is 1. The van der Waals surface area contributed by atoms with E-state index >= 15 is 0 Å². The summed E-state index contributed by atoms with van der Waals surface area (Å²) >= 11 is 0. The highest BCUT2D eigenvalue weighted by Crippen LogP contribution is 2.16. The van der Waals surface area contributed by atoms with E-state index in [1.807, 2.05) is 45.0 Å². The zero-order chi connectivity index (χ0) is 18.2. The van der Waals surface area contributed by atoms with Crippen LogP contribution in [-0.2, 0) is 11.2 Å². The fraction of sp³-hybridized carbons (Fsp3) is 0.318. The molecule has 0 unspecified atom stereocenters. The Kier molecular flexibility index (Phi) is 6.81. The van der Waals surface area contributed by atoms with Gasteiger partial charge in [0.15, 0.2) is 0 Å². The maximum Gasteiger partial charge on any atom is 0.244 e. The topological polar surface area (TPSA) is 38.3 Å². The zero-order valence-corrected chi connectivity index (χ0v) is 15.5. The molecule has 0 radical (unpaired) electrons. The van der Waals surface area contributed by atoms with Gasteiger partial charge in [-0.3, -0.25) is 4.79 Å². The number of aryl methyl sites for hydroxylation is 1. The first-order valence-corrected chi connectivity index (χ1v) is 8.82. The van der Waals surface area contributed by atoms with E-state index in [0.29, 0.717) is 0 Å².